The molecule has 0 amide bonds. The van der Waals surface area contributed by atoms with E-state index in [1.54, 1.807) is 21.3 Å². The fourth-order valence-electron chi connectivity index (χ4n) is 1.62. The van der Waals surface area contributed by atoms with Crippen LogP contribution in [0.4, 0.5) is 0 Å². The first-order chi connectivity index (χ1) is 9.93. The van der Waals surface area contributed by atoms with E-state index in [-0.39, 0.29) is 18.3 Å². The molecule has 136 valence electrons. The molecule has 0 fully saturated rings. The number of hydrogen-bond donors (Lipinski definition) is 0. The van der Waals surface area contributed by atoms with Crippen LogP contribution in [-0.4, -0.2) is 57.3 Å². The van der Waals surface area contributed by atoms with E-state index in [0.29, 0.717) is 0 Å². The molecule has 6 nitrogen and oxygen atoms in total. The molecule has 0 spiro atoms. The molecular formula is C14H36O6Si2. The summed E-state index contributed by atoms with van der Waals surface area (Å²) in [6.07, 6.45) is 0.428. The number of hydrogen-bond acceptors (Lipinski definition) is 6. The van der Waals surface area contributed by atoms with Gasteiger partial charge in [-0.25, -0.2) is 0 Å². The maximum atomic E-state index is 5.75. The Balaban J connectivity index is 0. The van der Waals surface area contributed by atoms with Gasteiger partial charge in [-0.2, -0.15) is 0 Å². The van der Waals surface area contributed by atoms with Gasteiger partial charge >= 0.3 is 17.6 Å². The normalized spacial score (nSPS) is 12.8. The Morgan fingerprint density at radius 1 is 0.500 bits per heavy atom. The first kappa shape index (κ1) is 24.4. The van der Waals surface area contributed by atoms with Crippen LogP contribution in [0.2, 0.25) is 13.1 Å². The SMILES string of the molecule is CC(C)O[Si](C)(OC(C)C)OC(C)C.CO[Si](C)(OC)OC. The molecule has 0 N–H and O–H groups in total. The molecule has 0 saturated heterocycles. The van der Waals surface area contributed by atoms with Crippen LogP contribution in [0.15, 0.2) is 0 Å². The first-order valence-corrected chi connectivity index (χ1v) is 12.1. The molecular weight excluding hydrogens is 320 g/mol. The Bertz CT molecular complexity index is 235. The lowest BCUT2D eigenvalue weighted by Gasteiger charge is -2.31. The van der Waals surface area contributed by atoms with Crippen LogP contribution in [0.5, 0.6) is 0 Å². The molecule has 0 aromatic rings. The lowest BCUT2D eigenvalue weighted by molar-refractivity contribution is 0.00885. The van der Waals surface area contributed by atoms with E-state index in [4.69, 9.17) is 26.6 Å². The molecule has 0 unspecified atom stereocenters. The van der Waals surface area contributed by atoms with Gasteiger partial charge in [0.25, 0.3) is 0 Å². The monoisotopic (exact) mass is 356 g/mol. The van der Waals surface area contributed by atoms with Gasteiger partial charge in [-0.1, -0.05) is 0 Å². The Labute approximate surface area is 139 Å². The summed E-state index contributed by atoms with van der Waals surface area (Å²) in [7, 11) is 0.138. The van der Waals surface area contributed by atoms with Crippen LogP contribution in [0, 0.1) is 0 Å². The van der Waals surface area contributed by atoms with Gasteiger partial charge in [-0.15, -0.1) is 0 Å². The second kappa shape index (κ2) is 11.7. The largest absolute Gasteiger partial charge is 0.498 e. The highest BCUT2D eigenvalue weighted by atomic mass is 28.4. The molecule has 0 aromatic carbocycles. The third kappa shape index (κ3) is 12.7. The maximum Gasteiger partial charge on any atom is 0.498 e. The molecule has 22 heavy (non-hydrogen) atoms. The van der Waals surface area contributed by atoms with Crippen LogP contribution in [0.1, 0.15) is 41.5 Å². The van der Waals surface area contributed by atoms with E-state index in [9.17, 15) is 0 Å². The molecule has 0 aromatic heterocycles. The molecule has 0 bridgehead atoms. The first-order valence-electron chi connectivity index (χ1n) is 7.62. The van der Waals surface area contributed by atoms with Gasteiger partial charge in [0, 0.05) is 52.7 Å². The van der Waals surface area contributed by atoms with E-state index in [1.807, 2.05) is 54.6 Å². The standard InChI is InChI=1S/C10H24O3Si.C4H12O3Si/c1-8(2)11-14(7,12-9(3)4)13-10(5)6;1-5-8(4,6-2)7-3/h8-10H,1-7H3;1-4H3. The van der Waals surface area contributed by atoms with Crippen molar-refractivity contribution in [3.05, 3.63) is 0 Å². The smallest absolute Gasteiger partial charge is 0.377 e. The lowest BCUT2D eigenvalue weighted by atomic mass is 10.5. The molecule has 0 atom stereocenters. The number of rotatable bonds is 9. The van der Waals surface area contributed by atoms with Crippen molar-refractivity contribution in [3.63, 3.8) is 0 Å². The minimum Gasteiger partial charge on any atom is -0.377 e. The third-order valence-electron chi connectivity index (χ3n) is 2.46. The van der Waals surface area contributed by atoms with Crippen molar-refractivity contribution >= 4 is 17.6 Å². The molecule has 0 heterocycles. The average molecular weight is 357 g/mol. The van der Waals surface area contributed by atoms with Crippen molar-refractivity contribution in [1.29, 1.82) is 0 Å². The molecule has 0 radical (unpaired) electrons. The fourth-order valence-corrected chi connectivity index (χ4v) is 4.85. The van der Waals surface area contributed by atoms with E-state index in [1.165, 1.54) is 0 Å². The summed E-state index contributed by atoms with van der Waals surface area (Å²) in [5.41, 5.74) is 0. The second-order valence-corrected chi connectivity index (χ2v) is 11.2. The Hall–Kier alpha value is 0.194. The van der Waals surface area contributed by atoms with Gasteiger partial charge in [0.2, 0.25) is 0 Å². The van der Waals surface area contributed by atoms with Crippen molar-refractivity contribution in [2.75, 3.05) is 21.3 Å². The molecule has 0 aliphatic carbocycles. The summed E-state index contributed by atoms with van der Waals surface area (Å²) >= 11 is 0. The van der Waals surface area contributed by atoms with Crippen molar-refractivity contribution < 1.29 is 26.6 Å². The zero-order valence-corrected chi connectivity index (χ0v) is 18.2. The summed E-state index contributed by atoms with van der Waals surface area (Å²) in [5, 5.41) is 0. The van der Waals surface area contributed by atoms with Gasteiger partial charge in [0.05, 0.1) is 0 Å². The average Bonchev–Trinajstić information content (AvgIpc) is 2.35. The highest BCUT2D eigenvalue weighted by Crippen LogP contribution is 2.16. The molecule has 0 saturated carbocycles. The Morgan fingerprint density at radius 3 is 0.818 bits per heavy atom. The van der Waals surface area contributed by atoms with Crippen molar-refractivity contribution in [2.45, 2.75) is 72.9 Å². The predicted octanol–water partition coefficient (Wildman–Crippen LogP) is 3.32. The molecule has 8 heteroatoms. The van der Waals surface area contributed by atoms with Crippen LogP contribution < -0.4 is 0 Å². The summed E-state index contributed by atoms with van der Waals surface area (Å²) in [5.74, 6) is 0. The molecule has 0 aliphatic rings. The second-order valence-electron chi connectivity index (χ2n) is 5.84. The zero-order chi connectivity index (χ0) is 18.0. The van der Waals surface area contributed by atoms with Gasteiger partial charge in [0.1, 0.15) is 0 Å². The Morgan fingerprint density at radius 2 is 0.727 bits per heavy atom. The molecule has 0 aliphatic heterocycles. The van der Waals surface area contributed by atoms with Gasteiger partial charge in [0.15, 0.2) is 0 Å². The highest BCUT2D eigenvalue weighted by Gasteiger charge is 2.38. The van der Waals surface area contributed by atoms with Crippen molar-refractivity contribution in [3.8, 4) is 0 Å². The third-order valence-corrected chi connectivity index (χ3v) is 7.39. The topological polar surface area (TPSA) is 55.4 Å². The van der Waals surface area contributed by atoms with Gasteiger partial charge < -0.3 is 26.6 Å². The van der Waals surface area contributed by atoms with Gasteiger partial charge in [-0.3, -0.25) is 0 Å². The zero-order valence-electron chi connectivity index (χ0n) is 16.2. The van der Waals surface area contributed by atoms with E-state index < -0.39 is 17.6 Å². The summed E-state index contributed by atoms with van der Waals surface area (Å²) in [6.45, 7) is 15.8. The predicted molar refractivity (Wildman–Crippen MR) is 92.9 cm³/mol. The van der Waals surface area contributed by atoms with Crippen LogP contribution in [0.25, 0.3) is 0 Å². The lowest BCUT2D eigenvalue weighted by Crippen LogP contribution is -2.47. The van der Waals surface area contributed by atoms with Crippen molar-refractivity contribution in [1.82, 2.24) is 0 Å². The minimum absolute atomic E-state index is 0.143. The minimum atomic E-state index is -2.44. The van der Waals surface area contributed by atoms with Crippen LogP contribution in [0.3, 0.4) is 0 Å². The van der Waals surface area contributed by atoms with Crippen molar-refractivity contribution in [2.24, 2.45) is 0 Å². The van der Waals surface area contributed by atoms with Crippen LogP contribution >= 0.6 is 0 Å². The fraction of sp³-hybridized carbons (Fsp3) is 1.00. The quantitative estimate of drug-likeness (QED) is 0.591. The summed E-state index contributed by atoms with van der Waals surface area (Å²) in [6, 6.07) is 0. The summed E-state index contributed by atoms with van der Waals surface area (Å²) in [4.78, 5) is 0. The van der Waals surface area contributed by atoms with E-state index in [0.717, 1.165) is 0 Å². The molecule has 0 rings (SSSR count). The Kier molecular flexibility index (Phi) is 13.0. The maximum absolute atomic E-state index is 5.75. The highest BCUT2D eigenvalue weighted by molar-refractivity contribution is 6.59. The van der Waals surface area contributed by atoms with E-state index in [2.05, 4.69) is 0 Å². The van der Waals surface area contributed by atoms with Gasteiger partial charge in [-0.05, 0) is 41.5 Å². The summed E-state index contributed by atoms with van der Waals surface area (Å²) < 4.78 is 32.1. The van der Waals surface area contributed by atoms with Crippen LogP contribution in [-0.2, 0) is 26.6 Å². The van der Waals surface area contributed by atoms with E-state index >= 15 is 0 Å².